The molecule has 0 radical (unpaired) electrons. The number of hydrogen-bond donors (Lipinski definition) is 1. The van der Waals surface area contributed by atoms with Crippen LogP contribution in [0.1, 0.15) is 11.1 Å². The molecule has 3 aromatic carbocycles. The zero-order valence-electron chi connectivity index (χ0n) is 16.4. The van der Waals surface area contributed by atoms with E-state index in [1.165, 1.54) is 18.2 Å². The van der Waals surface area contributed by atoms with Crippen molar-refractivity contribution >= 4 is 50.5 Å². The van der Waals surface area contributed by atoms with Crippen molar-refractivity contribution in [2.75, 3.05) is 16.2 Å². The van der Waals surface area contributed by atoms with Gasteiger partial charge in [-0.05, 0) is 55.8 Å². The van der Waals surface area contributed by atoms with E-state index in [2.05, 4.69) is 5.32 Å². The van der Waals surface area contributed by atoms with E-state index in [1.807, 2.05) is 13.8 Å². The van der Waals surface area contributed by atoms with Gasteiger partial charge in [0, 0.05) is 5.02 Å². The van der Waals surface area contributed by atoms with Crippen LogP contribution < -0.4 is 9.62 Å². The maximum atomic E-state index is 13.4. The van der Waals surface area contributed by atoms with Crippen LogP contribution in [-0.4, -0.2) is 20.9 Å². The fourth-order valence-electron chi connectivity index (χ4n) is 2.77. The van der Waals surface area contributed by atoms with Crippen LogP contribution >= 0.6 is 23.2 Å². The molecule has 3 aromatic rings. The summed E-state index contributed by atoms with van der Waals surface area (Å²) in [5.74, 6) is -0.532. The SMILES string of the molecule is Cc1ccc(S(=O)(=O)N(CC(=O)Nc2ccccc2Cl)c2ccc(C)c(Cl)c2)cc1. The van der Waals surface area contributed by atoms with Crippen LogP contribution in [0.25, 0.3) is 0 Å². The molecule has 0 bridgehead atoms. The van der Waals surface area contributed by atoms with E-state index in [0.717, 1.165) is 15.4 Å². The van der Waals surface area contributed by atoms with Crippen molar-refractivity contribution in [3.8, 4) is 0 Å². The molecule has 8 heteroatoms. The number of sulfonamides is 1. The summed E-state index contributed by atoms with van der Waals surface area (Å²) in [5, 5.41) is 3.42. The van der Waals surface area contributed by atoms with Crippen LogP contribution in [0.15, 0.2) is 71.6 Å². The number of hydrogen-bond acceptors (Lipinski definition) is 3. The van der Waals surface area contributed by atoms with Crippen molar-refractivity contribution in [3.05, 3.63) is 87.9 Å². The number of anilines is 2. The largest absolute Gasteiger partial charge is 0.323 e. The highest BCUT2D eigenvalue weighted by Crippen LogP contribution is 2.28. The molecule has 3 rings (SSSR count). The highest BCUT2D eigenvalue weighted by atomic mass is 35.5. The number of rotatable bonds is 6. The first-order chi connectivity index (χ1) is 14.2. The Labute approximate surface area is 186 Å². The molecule has 0 aromatic heterocycles. The fraction of sp³-hybridized carbons (Fsp3) is 0.136. The predicted octanol–water partition coefficient (Wildman–Crippen LogP) is 5.44. The second-order valence-electron chi connectivity index (χ2n) is 6.79. The van der Waals surface area contributed by atoms with Gasteiger partial charge in [0.25, 0.3) is 10.0 Å². The zero-order valence-corrected chi connectivity index (χ0v) is 18.7. The lowest BCUT2D eigenvalue weighted by Crippen LogP contribution is -2.38. The third-order valence-corrected chi connectivity index (χ3v) is 7.01. The first kappa shape index (κ1) is 22.2. The lowest BCUT2D eigenvalue weighted by molar-refractivity contribution is -0.114. The predicted molar refractivity (Wildman–Crippen MR) is 122 cm³/mol. The average molecular weight is 463 g/mol. The van der Waals surface area contributed by atoms with E-state index in [0.29, 0.717) is 21.4 Å². The molecule has 0 aliphatic carbocycles. The molecule has 0 spiro atoms. The summed E-state index contributed by atoms with van der Waals surface area (Å²) < 4.78 is 27.8. The van der Waals surface area contributed by atoms with Gasteiger partial charge < -0.3 is 5.32 Å². The zero-order chi connectivity index (χ0) is 21.9. The third-order valence-electron chi connectivity index (χ3n) is 4.49. The van der Waals surface area contributed by atoms with E-state index >= 15 is 0 Å². The Hall–Kier alpha value is -2.54. The second kappa shape index (κ2) is 9.08. The summed E-state index contributed by atoms with van der Waals surface area (Å²) in [4.78, 5) is 12.8. The summed E-state index contributed by atoms with van der Waals surface area (Å²) in [6, 6.07) is 18.0. The van der Waals surface area contributed by atoms with Crippen LogP contribution in [0.5, 0.6) is 0 Å². The van der Waals surface area contributed by atoms with Crippen LogP contribution in [0.4, 0.5) is 11.4 Å². The molecular weight excluding hydrogens is 443 g/mol. The molecule has 0 saturated heterocycles. The maximum Gasteiger partial charge on any atom is 0.264 e. The summed E-state index contributed by atoms with van der Waals surface area (Å²) in [6.45, 7) is 3.24. The topological polar surface area (TPSA) is 66.5 Å². The van der Waals surface area contributed by atoms with Gasteiger partial charge in [-0.15, -0.1) is 0 Å². The number of para-hydroxylation sites is 1. The number of aryl methyl sites for hydroxylation is 2. The average Bonchev–Trinajstić information content (AvgIpc) is 2.70. The number of carbonyl (C=O) groups is 1. The Bertz CT molecular complexity index is 1180. The normalized spacial score (nSPS) is 11.2. The molecule has 0 fully saturated rings. The Morgan fingerprint density at radius 2 is 1.60 bits per heavy atom. The van der Waals surface area contributed by atoms with Gasteiger partial charge in [-0.3, -0.25) is 9.10 Å². The number of nitrogens with one attached hydrogen (secondary N) is 1. The minimum absolute atomic E-state index is 0.0790. The van der Waals surface area contributed by atoms with E-state index in [-0.39, 0.29) is 4.90 Å². The molecule has 0 unspecified atom stereocenters. The van der Waals surface area contributed by atoms with Crippen LogP contribution in [0, 0.1) is 13.8 Å². The quantitative estimate of drug-likeness (QED) is 0.529. The number of nitrogens with zero attached hydrogens (tertiary/aromatic N) is 1. The van der Waals surface area contributed by atoms with Gasteiger partial charge in [0.1, 0.15) is 6.54 Å². The maximum absolute atomic E-state index is 13.4. The van der Waals surface area contributed by atoms with Gasteiger partial charge in [0.05, 0.1) is 21.3 Å². The first-order valence-corrected chi connectivity index (χ1v) is 11.3. The van der Waals surface area contributed by atoms with Crippen molar-refractivity contribution in [2.45, 2.75) is 18.7 Å². The standard InChI is InChI=1S/C22H20Cl2N2O3S/c1-15-7-11-18(12-8-15)30(28,29)26(17-10-9-16(2)20(24)13-17)14-22(27)25-21-6-4-3-5-19(21)23/h3-13H,14H2,1-2H3,(H,25,27). The summed E-state index contributed by atoms with van der Waals surface area (Å²) in [6.07, 6.45) is 0. The van der Waals surface area contributed by atoms with Crippen molar-refractivity contribution < 1.29 is 13.2 Å². The Kier molecular flexibility index (Phi) is 6.71. The molecular formula is C22H20Cl2N2O3S. The minimum atomic E-state index is -4.02. The molecule has 0 atom stereocenters. The van der Waals surface area contributed by atoms with Crippen molar-refractivity contribution in [1.29, 1.82) is 0 Å². The lowest BCUT2D eigenvalue weighted by Gasteiger charge is -2.24. The number of benzene rings is 3. The van der Waals surface area contributed by atoms with Crippen molar-refractivity contribution in [2.24, 2.45) is 0 Å². The molecule has 0 aliphatic heterocycles. The number of halogens is 2. The molecule has 0 saturated carbocycles. The Morgan fingerprint density at radius 3 is 2.23 bits per heavy atom. The first-order valence-electron chi connectivity index (χ1n) is 9.08. The van der Waals surface area contributed by atoms with Gasteiger partial charge in [-0.25, -0.2) is 8.42 Å². The minimum Gasteiger partial charge on any atom is -0.323 e. The van der Waals surface area contributed by atoms with E-state index in [9.17, 15) is 13.2 Å². The molecule has 0 aliphatic rings. The lowest BCUT2D eigenvalue weighted by atomic mass is 10.2. The molecule has 5 nitrogen and oxygen atoms in total. The molecule has 30 heavy (non-hydrogen) atoms. The molecule has 156 valence electrons. The van der Waals surface area contributed by atoms with Gasteiger partial charge >= 0.3 is 0 Å². The van der Waals surface area contributed by atoms with Gasteiger partial charge in [-0.1, -0.05) is 59.1 Å². The van der Waals surface area contributed by atoms with Crippen LogP contribution in [0.3, 0.4) is 0 Å². The van der Waals surface area contributed by atoms with Gasteiger partial charge in [0.2, 0.25) is 5.91 Å². The van der Waals surface area contributed by atoms with Crippen molar-refractivity contribution in [1.82, 2.24) is 0 Å². The number of amides is 1. The summed E-state index contributed by atoms with van der Waals surface area (Å²) >= 11 is 12.3. The molecule has 0 heterocycles. The molecule has 1 N–H and O–H groups in total. The van der Waals surface area contributed by atoms with E-state index in [4.69, 9.17) is 23.2 Å². The van der Waals surface area contributed by atoms with E-state index < -0.39 is 22.5 Å². The third kappa shape index (κ3) is 4.95. The highest BCUT2D eigenvalue weighted by Gasteiger charge is 2.27. The van der Waals surface area contributed by atoms with E-state index in [1.54, 1.807) is 48.5 Å². The monoisotopic (exact) mass is 462 g/mol. The number of carbonyl (C=O) groups excluding carboxylic acids is 1. The van der Waals surface area contributed by atoms with Gasteiger partial charge in [-0.2, -0.15) is 0 Å². The Morgan fingerprint density at radius 1 is 0.933 bits per heavy atom. The van der Waals surface area contributed by atoms with Crippen LogP contribution in [-0.2, 0) is 14.8 Å². The smallest absolute Gasteiger partial charge is 0.264 e. The molecule has 1 amide bonds. The van der Waals surface area contributed by atoms with Crippen LogP contribution in [0.2, 0.25) is 10.0 Å². The summed E-state index contributed by atoms with van der Waals surface area (Å²) in [7, 11) is -4.02. The summed E-state index contributed by atoms with van der Waals surface area (Å²) in [5.41, 5.74) is 2.42. The second-order valence-corrected chi connectivity index (χ2v) is 9.46. The fourth-order valence-corrected chi connectivity index (χ4v) is 4.54. The Balaban J connectivity index is 1.99. The highest BCUT2D eigenvalue weighted by molar-refractivity contribution is 7.92. The van der Waals surface area contributed by atoms with Gasteiger partial charge in [0.15, 0.2) is 0 Å². The van der Waals surface area contributed by atoms with Crippen molar-refractivity contribution in [3.63, 3.8) is 0 Å².